The van der Waals surface area contributed by atoms with E-state index in [9.17, 15) is 17.6 Å². The highest BCUT2D eigenvalue weighted by atomic mass is 32.2. The number of anilines is 1. The number of hydrogen-bond acceptors (Lipinski definition) is 4. The maximum absolute atomic E-state index is 13.4. The molecule has 6 nitrogen and oxygen atoms in total. The summed E-state index contributed by atoms with van der Waals surface area (Å²) in [5.74, 6) is -1.42. The van der Waals surface area contributed by atoms with Gasteiger partial charge in [0.25, 0.3) is 0 Å². The minimum atomic E-state index is -4.03. The molecular formula is C13H17FN2O4S. The summed E-state index contributed by atoms with van der Waals surface area (Å²) in [7, 11) is -4.03. The van der Waals surface area contributed by atoms with Gasteiger partial charge in [-0.2, -0.15) is 0 Å². The Hall–Kier alpha value is -1.51. The summed E-state index contributed by atoms with van der Waals surface area (Å²) >= 11 is 0. The van der Waals surface area contributed by atoms with Crippen molar-refractivity contribution in [1.29, 1.82) is 0 Å². The lowest BCUT2D eigenvalue weighted by Crippen LogP contribution is -2.29. The highest BCUT2D eigenvalue weighted by molar-refractivity contribution is 7.89. The summed E-state index contributed by atoms with van der Waals surface area (Å²) < 4.78 is 41.4. The zero-order chi connectivity index (χ0) is 15.6. The van der Waals surface area contributed by atoms with Crippen molar-refractivity contribution in [3.63, 3.8) is 0 Å². The van der Waals surface area contributed by atoms with Gasteiger partial charge in [0.2, 0.25) is 15.9 Å². The normalized spacial score (nSPS) is 22.2. The van der Waals surface area contributed by atoms with Gasteiger partial charge in [0.15, 0.2) is 0 Å². The van der Waals surface area contributed by atoms with Crippen LogP contribution in [0.1, 0.15) is 19.8 Å². The molecule has 1 saturated heterocycles. The molecule has 1 fully saturated rings. The number of ether oxygens (including phenoxy) is 1. The number of rotatable bonds is 4. The fourth-order valence-electron chi connectivity index (χ4n) is 2.38. The average molecular weight is 316 g/mol. The second kappa shape index (κ2) is 6.08. The Labute approximate surface area is 122 Å². The number of primary sulfonamides is 1. The zero-order valence-corrected chi connectivity index (χ0v) is 12.3. The van der Waals surface area contributed by atoms with E-state index >= 15 is 0 Å². The van der Waals surface area contributed by atoms with Crippen LogP contribution in [-0.2, 0) is 19.6 Å². The Morgan fingerprint density at radius 1 is 1.48 bits per heavy atom. The first-order valence-electron chi connectivity index (χ1n) is 6.57. The quantitative estimate of drug-likeness (QED) is 0.872. The van der Waals surface area contributed by atoms with Crippen molar-refractivity contribution in [1.82, 2.24) is 0 Å². The molecule has 1 aromatic rings. The number of hydrogen-bond donors (Lipinski definition) is 2. The molecule has 3 N–H and O–H groups in total. The molecule has 0 radical (unpaired) electrons. The van der Waals surface area contributed by atoms with Gasteiger partial charge in [0.1, 0.15) is 5.82 Å². The minimum Gasteiger partial charge on any atom is -0.377 e. The van der Waals surface area contributed by atoms with Crippen molar-refractivity contribution in [3.8, 4) is 0 Å². The van der Waals surface area contributed by atoms with E-state index in [1.807, 2.05) is 6.92 Å². The van der Waals surface area contributed by atoms with Gasteiger partial charge in [-0.1, -0.05) is 6.92 Å². The predicted octanol–water partition coefficient (Wildman–Crippen LogP) is 1.23. The SMILES string of the molecule is CCC1OCCC1C(=O)Nc1cc(F)cc(S(N)(=O)=O)c1. The molecule has 1 amide bonds. The van der Waals surface area contributed by atoms with Crippen LogP contribution in [0.5, 0.6) is 0 Å². The topological polar surface area (TPSA) is 98.5 Å². The first kappa shape index (κ1) is 15.9. The lowest BCUT2D eigenvalue weighted by molar-refractivity contribution is -0.121. The van der Waals surface area contributed by atoms with Crippen LogP contribution in [0.4, 0.5) is 10.1 Å². The molecule has 0 saturated carbocycles. The molecule has 0 aliphatic carbocycles. The summed E-state index contributed by atoms with van der Waals surface area (Å²) in [6, 6.07) is 2.98. The van der Waals surface area contributed by atoms with Crippen LogP contribution in [0, 0.1) is 11.7 Å². The Bertz CT molecular complexity index is 648. The Kier molecular flexibility index (Phi) is 4.60. The first-order chi connectivity index (χ1) is 9.81. The minimum absolute atomic E-state index is 0.0609. The van der Waals surface area contributed by atoms with Gasteiger partial charge >= 0.3 is 0 Å². The summed E-state index contributed by atoms with van der Waals surface area (Å²) in [5.41, 5.74) is 0.0609. The van der Waals surface area contributed by atoms with E-state index in [1.165, 1.54) is 0 Å². The van der Waals surface area contributed by atoms with E-state index in [0.29, 0.717) is 19.4 Å². The Balaban J connectivity index is 2.20. The number of halogens is 1. The van der Waals surface area contributed by atoms with Gasteiger partial charge in [-0.3, -0.25) is 4.79 Å². The van der Waals surface area contributed by atoms with Crippen LogP contribution in [0.2, 0.25) is 0 Å². The lowest BCUT2D eigenvalue weighted by Gasteiger charge is -2.16. The van der Waals surface area contributed by atoms with Crippen molar-refractivity contribution in [2.24, 2.45) is 11.1 Å². The van der Waals surface area contributed by atoms with E-state index in [4.69, 9.17) is 9.88 Å². The third-order valence-corrected chi connectivity index (χ3v) is 4.31. The van der Waals surface area contributed by atoms with Gasteiger partial charge in [0.05, 0.1) is 16.9 Å². The molecule has 0 spiro atoms. The highest BCUT2D eigenvalue weighted by Crippen LogP contribution is 2.25. The standard InChI is InChI=1S/C13H17FN2O4S/c1-2-12-11(3-4-20-12)13(17)16-9-5-8(14)6-10(7-9)21(15,18)19/h5-7,11-12H,2-4H2,1H3,(H,16,17)(H2,15,18,19). The largest absolute Gasteiger partial charge is 0.377 e. The molecule has 2 atom stereocenters. The lowest BCUT2D eigenvalue weighted by atomic mass is 9.98. The van der Waals surface area contributed by atoms with Crippen molar-refractivity contribution in [2.45, 2.75) is 30.8 Å². The third-order valence-electron chi connectivity index (χ3n) is 3.42. The maximum Gasteiger partial charge on any atom is 0.238 e. The molecular weight excluding hydrogens is 299 g/mol. The highest BCUT2D eigenvalue weighted by Gasteiger charge is 2.32. The number of nitrogens with two attached hydrogens (primary N) is 1. The summed E-state index contributed by atoms with van der Waals surface area (Å²) in [4.78, 5) is 11.8. The number of benzene rings is 1. The van der Waals surface area contributed by atoms with Crippen LogP contribution >= 0.6 is 0 Å². The second-order valence-electron chi connectivity index (χ2n) is 4.92. The van der Waals surface area contributed by atoms with Crippen molar-refractivity contribution >= 4 is 21.6 Å². The van der Waals surface area contributed by atoms with E-state index in [1.54, 1.807) is 0 Å². The van der Waals surface area contributed by atoms with Crippen LogP contribution in [-0.4, -0.2) is 27.0 Å². The number of nitrogens with one attached hydrogen (secondary N) is 1. The number of amides is 1. The molecule has 0 bridgehead atoms. The molecule has 21 heavy (non-hydrogen) atoms. The maximum atomic E-state index is 13.4. The second-order valence-corrected chi connectivity index (χ2v) is 6.48. The summed E-state index contributed by atoms with van der Waals surface area (Å²) in [6.45, 7) is 2.42. The number of carbonyl (C=O) groups is 1. The molecule has 1 aliphatic heterocycles. The van der Waals surface area contributed by atoms with Crippen LogP contribution < -0.4 is 10.5 Å². The van der Waals surface area contributed by atoms with Crippen LogP contribution in [0.25, 0.3) is 0 Å². The zero-order valence-electron chi connectivity index (χ0n) is 11.5. The van der Waals surface area contributed by atoms with E-state index in [2.05, 4.69) is 5.32 Å². The number of sulfonamides is 1. The van der Waals surface area contributed by atoms with E-state index in [-0.39, 0.29) is 28.5 Å². The number of carbonyl (C=O) groups excluding carboxylic acids is 1. The molecule has 1 aliphatic rings. The smallest absolute Gasteiger partial charge is 0.238 e. The van der Waals surface area contributed by atoms with Gasteiger partial charge in [0, 0.05) is 12.3 Å². The molecule has 0 aromatic heterocycles. The van der Waals surface area contributed by atoms with Gasteiger partial charge < -0.3 is 10.1 Å². The molecule has 2 unspecified atom stereocenters. The molecule has 2 rings (SSSR count). The molecule has 116 valence electrons. The summed E-state index contributed by atoms with van der Waals surface area (Å²) in [6.07, 6.45) is 1.11. The molecule has 8 heteroatoms. The monoisotopic (exact) mass is 316 g/mol. The van der Waals surface area contributed by atoms with Crippen LogP contribution in [0.3, 0.4) is 0 Å². The van der Waals surface area contributed by atoms with E-state index in [0.717, 1.165) is 18.2 Å². The van der Waals surface area contributed by atoms with Crippen molar-refractivity contribution in [3.05, 3.63) is 24.0 Å². The average Bonchev–Trinajstić information content (AvgIpc) is 2.85. The molecule has 1 heterocycles. The first-order valence-corrected chi connectivity index (χ1v) is 8.11. The van der Waals surface area contributed by atoms with E-state index < -0.39 is 15.8 Å². The molecule has 1 aromatic carbocycles. The van der Waals surface area contributed by atoms with Gasteiger partial charge in [-0.25, -0.2) is 17.9 Å². The van der Waals surface area contributed by atoms with Crippen LogP contribution in [0.15, 0.2) is 23.1 Å². The fourth-order valence-corrected chi connectivity index (χ4v) is 2.95. The summed E-state index contributed by atoms with van der Waals surface area (Å²) in [5, 5.41) is 7.49. The Morgan fingerprint density at radius 3 is 2.81 bits per heavy atom. The van der Waals surface area contributed by atoms with Crippen molar-refractivity contribution < 1.29 is 22.3 Å². The van der Waals surface area contributed by atoms with Gasteiger partial charge in [-0.05, 0) is 31.0 Å². The predicted molar refractivity (Wildman–Crippen MR) is 74.5 cm³/mol. The Morgan fingerprint density at radius 2 is 2.19 bits per heavy atom. The fraction of sp³-hybridized carbons (Fsp3) is 0.462. The van der Waals surface area contributed by atoms with Crippen molar-refractivity contribution in [2.75, 3.05) is 11.9 Å². The van der Waals surface area contributed by atoms with Gasteiger partial charge in [-0.15, -0.1) is 0 Å². The third kappa shape index (κ3) is 3.78.